The molecular weight excluding hydrogens is 239 g/mol. The molecule has 1 N–H and O–H groups in total. The Hall–Kier alpha value is -0.780. The Morgan fingerprint density at radius 1 is 1.33 bits per heavy atom. The summed E-state index contributed by atoms with van der Waals surface area (Å²) in [4.78, 5) is 12.2. The van der Waals surface area contributed by atoms with Gasteiger partial charge in [-0.15, -0.1) is 0 Å². The summed E-state index contributed by atoms with van der Waals surface area (Å²) in [6.45, 7) is 0. The van der Waals surface area contributed by atoms with Gasteiger partial charge in [0.15, 0.2) is 0 Å². The van der Waals surface area contributed by atoms with Crippen LogP contribution in [0, 0.1) is 0 Å². The third-order valence-electron chi connectivity index (χ3n) is 1.11. The van der Waals surface area contributed by atoms with Gasteiger partial charge >= 0.3 is 6.18 Å². The van der Waals surface area contributed by atoms with Crippen molar-refractivity contribution in [2.75, 3.05) is 0 Å². The quantitative estimate of drug-likeness (QED) is 0.742. The molecule has 2 nitrogen and oxygen atoms in total. The number of aromatic amines is 1. The summed E-state index contributed by atoms with van der Waals surface area (Å²) in [5.74, 6) is 0. The first kappa shape index (κ1) is 9.31. The molecular formula is C6H3BrF3NO. The lowest BCUT2D eigenvalue weighted by Crippen LogP contribution is -2.15. The van der Waals surface area contributed by atoms with Crippen molar-refractivity contribution in [3.8, 4) is 0 Å². The number of pyridine rings is 1. The van der Waals surface area contributed by atoms with Crippen molar-refractivity contribution in [2.24, 2.45) is 0 Å². The SMILES string of the molecule is O=c1cc(Br)cc(C(F)(F)F)[nH]1. The van der Waals surface area contributed by atoms with Crippen LogP contribution >= 0.6 is 15.9 Å². The van der Waals surface area contributed by atoms with E-state index in [-0.39, 0.29) is 4.47 Å². The molecule has 0 radical (unpaired) electrons. The van der Waals surface area contributed by atoms with Crippen molar-refractivity contribution in [1.82, 2.24) is 4.98 Å². The maximum absolute atomic E-state index is 12.0. The third kappa shape index (κ3) is 2.10. The van der Waals surface area contributed by atoms with Gasteiger partial charge in [-0.1, -0.05) is 15.9 Å². The van der Waals surface area contributed by atoms with Gasteiger partial charge in [-0.2, -0.15) is 13.2 Å². The van der Waals surface area contributed by atoms with Crippen LogP contribution in [-0.2, 0) is 6.18 Å². The molecule has 1 heterocycles. The van der Waals surface area contributed by atoms with Crippen LogP contribution in [-0.4, -0.2) is 4.98 Å². The third-order valence-corrected chi connectivity index (χ3v) is 1.57. The lowest BCUT2D eigenvalue weighted by Gasteiger charge is -2.05. The van der Waals surface area contributed by atoms with Crippen LogP contribution < -0.4 is 5.56 Å². The first-order chi connectivity index (χ1) is 5.39. The van der Waals surface area contributed by atoms with Crippen LogP contribution in [0.1, 0.15) is 5.69 Å². The van der Waals surface area contributed by atoms with Crippen molar-refractivity contribution < 1.29 is 13.2 Å². The average molecular weight is 242 g/mol. The maximum Gasteiger partial charge on any atom is 0.431 e. The molecule has 0 saturated heterocycles. The summed E-state index contributed by atoms with van der Waals surface area (Å²) in [5, 5.41) is 0. The van der Waals surface area contributed by atoms with Crippen molar-refractivity contribution in [3.05, 3.63) is 32.7 Å². The average Bonchev–Trinajstić information content (AvgIpc) is 1.82. The number of nitrogens with one attached hydrogen (secondary N) is 1. The summed E-state index contributed by atoms with van der Waals surface area (Å²) in [6.07, 6.45) is -4.51. The highest BCUT2D eigenvalue weighted by molar-refractivity contribution is 9.10. The fraction of sp³-hybridized carbons (Fsp3) is 0.167. The van der Waals surface area contributed by atoms with Gasteiger partial charge in [0, 0.05) is 10.5 Å². The Morgan fingerprint density at radius 2 is 1.92 bits per heavy atom. The highest BCUT2D eigenvalue weighted by Gasteiger charge is 2.31. The molecule has 1 aromatic heterocycles. The van der Waals surface area contributed by atoms with Gasteiger partial charge < -0.3 is 4.98 Å². The van der Waals surface area contributed by atoms with Crippen LogP contribution in [0.5, 0.6) is 0 Å². The molecule has 0 aliphatic rings. The van der Waals surface area contributed by atoms with Gasteiger partial charge in [0.25, 0.3) is 0 Å². The Balaban J connectivity index is 3.27. The summed E-state index contributed by atoms with van der Waals surface area (Å²) >= 11 is 2.79. The maximum atomic E-state index is 12.0. The van der Waals surface area contributed by atoms with Crippen molar-refractivity contribution in [2.45, 2.75) is 6.18 Å². The second-order valence-corrected chi connectivity index (χ2v) is 2.99. The topological polar surface area (TPSA) is 32.9 Å². The molecule has 0 bridgehead atoms. The van der Waals surface area contributed by atoms with Gasteiger partial charge in [0.05, 0.1) is 0 Å². The number of hydrogen-bond acceptors (Lipinski definition) is 1. The lowest BCUT2D eigenvalue weighted by molar-refractivity contribution is -0.141. The Kier molecular flexibility index (Phi) is 2.27. The molecule has 0 spiro atoms. The zero-order valence-electron chi connectivity index (χ0n) is 5.57. The molecule has 0 atom stereocenters. The van der Waals surface area contributed by atoms with E-state index < -0.39 is 17.4 Å². The van der Waals surface area contributed by atoms with E-state index in [2.05, 4.69) is 15.9 Å². The summed E-state index contributed by atoms with van der Waals surface area (Å²) in [5.41, 5.74) is -1.83. The molecule has 0 amide bonds. The standard InChI is InChI=1S/C6H3BrF3NO/c7-3-1-4(6(8,9)10)11-5(12)2-3/h1-2H,(H,11,12). The highest BCUT2D eigenvalue weighted by Crippen LogP contribution is 2.27. The molecule has 0 aromatic carbocycles. The van der Waals surface area contributed by atoms with Crippen LogP contribution in [0.15, 0.2) is 21.4 Å². The van der Waals surface area contributed by atoms with Crippen LogP contribution in [0.25, 0.3) is 0 Å². The second kappa shape index (κ2) is 2.93. The van der Waals surface area contributed by atoms with Crippen molar-refractivity contribution >= 4 is 15.9 Å². The molecule has 1 rings (SSSR count). The first-order valence-corrected chi connectivity index (χ1v) is 3.66. The zero-order valence-corrected chi connectivity index (χ0v) is 7.16. The molecule has 0 aliphatic heterocycles. The predicted molar refractivity (Wildman–Crippen MR) is 39.8 cm³/mol. The van der Waals surface area contributed by atoms with Crippen molar-refractivity contribution in [1.29, 1.82) is 0 Å². The predicted octanol–water partition coefficient (Wildman–Crippen LogP) is 2.16. The number of hydrogen-bond donors (Lipinski definition) is 1. The van der Waals surface area contributed by atoms with E-state index in [1.807, 2.05) is 0 Å². The van der Waals surface area contributed by atoms with Gasteiger partial charge in [-0.25, -0.2) is 0 Å². The van der Waals surface area contributed by atoms with E-state index in [0.29, 0.717) is 0 Å². The van der Waals surface area contributed by atoms with E-state index in [1.54, 1.807) is 4.98 Å². The molecule has 66 valence electrons. The summed E-state index contributed by atoms with van der Waals surface area (Å²) in [6, 6.07) is 1.83. The number of alkyl halides is 3. The minimum absolute atomic E-state index is 0.110. The molecule has 12 heavy (non-hydrogen) atoms. The molecule has 1 aromatic rings. The smallest absolute Gasteiger partial charge is 0.318 e. The van der Waals surface area contributed by atoms with E-state index in [4.69, 9.17) is 0 Å². The summed E-state index contributed by atoms with van der Waals surface area (Å²) in [7, 11) is 0. The van der Waals surface area contributed by atoms with E-state index in [9.17, 15) is 18.0 Å². The van der Waals surface area contributed by atoms with Gasteiger partial charge in [-0.05, 0) is 6.07 Å². The second-order valence-electron chi connectivity index (χ2n) is 2.07. The Bertz CT molecular complexity index is 343. The fourth-order valence-corrected chi connectivity index (χ4v) is 1.10. The number of rotatable bonds is 0. The van der Waals surface area contributed by atoms with Gasteiger partial charge in [0.1, 0.15) is 5.69 Å². The number of halogens is 4. The lowest BCUT2D eigenvalue weighted by atomic mass is 10.3. The normalized spacial score (nSPS) is 11.7. The van der Waals surface area contributed by atoms with Gasteiger partial charge in [0.2, 0.25) is 5.56 Å². The highest BCUT2D eigenvalue weighted by atomic mass is 79.9. The monoisotopic (exact) mass is 241 g/mol. The minimum atomic E-state index is -4.51. The minimum Gasteiger partial charge on any atom is -0.318 e. The summed E-state index contributed by atoms with van der Waals surface area (Å²) < 4.78 is 36.0. The number of aromatic nitrogens is 1. The van der Waals surface area contributed by atoms with E-state index >= 15 is 0 Å². The van der Waals surface area contributed by atoms with Gasteiger partial charge in [-0.3, -0.25) is 4.79 Å². The van der Waals surface area contributed by atoms with Crippen LogP contribution in [0.4, 0.5) is 13.2 Å². The molecule has 0 aliphatic carbocycles. The van der Waals surface area contributed by atoms with Crippen LogP contribution in [0.3, 0.4) is 0 Å². The molecule has 0 unspecified atom stereocenters. The largest absolute Gasteiger partial charge is 0.431 e. The molecule has 0 fully saturated rings. The van der Waals surface area contributed by atoms with E-state index in [0.717, 1.165) is 12.1 Å². The molecule has 6 heteroatoms. The Labute approximate surface area is 73.5 Å². The fourth-order valence-electron chi connectivity index (χ4n) is 0.662. The first-order valence-electron chi connectivity index (χ1n) is 2.86. The number of H-pyrrole nitrogens is 1. The molecule has 0 saturated carbocycles. The van der Waals surface area contributed by atoms with Crippen molar-refractivity contribution in [3.63, 3.8) is 0 Å². The zero-order chi connectivity index (χ0) is 9.35. The Morgan fingerprint density at radius 3 is 2.33 bits per heavy atom. The van der Waals surface area contributed by atoms with Crippen LogP contribution in [0.2, 0.25) is 0 Å². The van der Waals surface area contributed by atoms with E-state index in [1.165, 1.54) is 0 Å².